The van der Waals surface area contributed by atoms with E-state index in [0.717, 1.165) is 4.90 Å². The van der Waals surface area contributed by atoms with Gasteiger partial charge in [-0.15, -0.1) is 10.2 Å². The second-order valence-electron chi connectivity index (χ2n) is 6.83. The van der Waals surface area contributed by atoms with E-state index in [0.29, 0.717) is 10.8 Å². The van der Waals surface area contributed by atoms with Crippen LogP contribution in [0.1, 0.15) is 5.56 Å². The van der Waals surface area contributed by atoms with Crippen molar-refractivity contribution in [2.75, 3.05) is 13.1 Å². The number of hydrogen-bond acceptors (Lipinski definition) is 8. The Labute approximate surface area is 181 Å². The van der Waals surface area contributed by atoms with Gasteiger partial charge < -0.3 is 15.3 Å². The van der Waals surface area contributed by atoms with E-state index in [1.165, 1.54) is 24.3 Å². The van der Waals surface area contributed by atoms with Crippen molar-refractivity contribution in [1.29, 1.82) is 0 Å². The standard InChI is InChI=1S/C21H18N4O7/c26-19(27)11-24(12-20(28)29)10-13-9-17(14-5-1-2-6-15(14)21(13)30)23-22-16-7-3-4-8-18(16)25(31)32/h1-9,30H,10-12H2,(H,26,27)(H,28,29). The second-order valence-corrected chi connectivity index (χ2v) is 6.83. The highest BCUT2D eigenvalue weighted by molar-refractivity contribution is 5.97. The smallest absolute Gasteiger partial charge is 0.317 e. The lowest BCUT2D eigenvalue weighted by molar-refractivity contribution is -0.384. The molecule has 0 spiro atoms. The molecule has 0 heterocycles. The maximum atomic E-state index is 11.2. The number of nitro benzene ring substituents is 1. The number of para-hydroxylation sites is 1. The minimum atomic E-state index is -1.22. The van der Waals surface area contributed by atoms with Gasteiger partial charge in [0.2, 0.25) is 0 Å². The summed E-state index contributed by atoms with van der Waals surface area (Å²) in [6, 6.07) is 14.0. The number of carbonyl (C=O) groups is 2. The number of azo groups is 1. The van der Waals surface area contributed by atoms with Crippen molar-refractivity contribution in [3.8, 4) is 5.75 Å². The lowest BCUT2D eigenvalue weighted by atomic mass is 10.0. The van der Waals surface area contributed by atoms with E-state index in [9.17, 15) is 24.8 Å². The van der Waals surface area contributed by atoms with Gasteiger partial charge >= 0.3 is 11.9 Å². The van der Waals surface area contributed by atoms with E-state index in [1.54, 1.807) is 30.3 Å². The highest BCUT2D eigenvalue weighted by Crippen LogP contribution is 2.38. The first kappa shape index (κ1) is 22.3. The number of phenolic OH excluding ortho intramolecular Hbond substituents is 1. The molecule has 0 saturated heterocycles. The number of fused-ring (bicyclic) bond motifs is 1. The third kappa shape index (κ3) is 5.21. The fraction of sp³-hybridized carbons (Fsp3) is 0.143. The fourth-order valence-corrected chi connectivity index (χ4v) is 3.20. The Morgan fingerprint density at radius 2 is 1.47 bits per heavy atom. The molecule has 3 aromatic rings. The van der Waals surface area contributed by atoms with Crippen LogP contribution in [0.4, 0.5) is 17.1 Å². The molecule has 164 valence electrons. The van der Waals surface area contributed by atoms with Crippen LogP contribution >= 0.6 is 0 Å². The highest BCUT2D eigenvalue weighted by atomic mass is 16.6. The summed E-state index contributed by atoms with van der Waals surface area (Å²) in [7, 11) is 0. The molecule has 0 amide bonds. The maximum Gasteiger partial charge on any atom is 0.317 e. The van der Waals surface area contributed by atoms with Crippen LogP contribution in [-0.2, 0) is 16.1 Å². The van der Waals surface area contributed by atoms with Gasteiger partial charge in [0.1, 0.15) is 5.75 Å². The van der Waals surface area contributed by atoms with Crippen molar-refractivity contribution >= 4 is 39.8 Å². The van der Waals surface area contributed by atoms with Crippen LogP contribution in [0.15, 0.2) is 64.8 Å². The lowest BCUT2D eigenvalue weighted by Gasteiger charge is -2.19. The van der Waals surface area contributed by atoms with E-state index < -0.39 is 30.0 Å². The van der Waals surface area contributed by atoms with Crippen LogP contribution in [0, 0.1) is 10.1 Å². The van der Waals surface area contributed by atoms with Crippen molar-refractivity contribution in [2.24, 2.45) is 10.2 Å². The minimum absolute atomic E-state index is 0.0367. The number of carboxylic acids is 2. The molecule has 0 atom stereocenters. The van der Waals surface area contributed by atoms with Crippen LogP contribution in [0.5, 0.6) is 5.75 Å². The van der Waals surface area contributed by atoms with Gasteiger partial charge in [-0.2, -0.15) is 0 Å². The topological polar surface area (TPSA) is 166 Å². The van der Waals surface area contributed by atoms with Crippen LogP contribution < -0.4 is 0 Å². The zero-order valence-corrected chi connectivity index (χ0v) is 16.6. The van der Waals surface area contributed by atoms with Gasteiger partial charge in [0.05, 0.1) is 23.7 Å². The third-order valence-corrected chi connectivity index (χ3v) is 4.53. The van der Waals surface area contributed by atoms with Gasteiger partial charge in [-0.05, 0) is 12.1 Å². The quantitative estimate of drug-likeness (QED) is 0.257. The van der Waals surface area contributed by atoms with Gasteiger partial charge in [-0.3, -0.25) is 24.6 Å². The van der Waals surface area contributed by atoms with E-state index in [-0.39, 0.29) is 34.9 Å². The molecule has 32 heavy (non-hydrogen) atoms. The normalized spacial score (nSPS) is 11.3. The minimum Gasteiger partial charge on any atom is -0.507 e. The zero-order valence-electron chi connectivity index (χ0n) is 16.6. The van der Waals surface area contributed by atoms with Crippen molar-refractivity contribution < 1.29 is 29.8 Å². The molecule has 0 unspecified atom stereocenters. The van der Waals surface area contributed by atoms with E-state index in [4.69, 9.17) is 10.2 Å². The van der Waals surface area contributed by atoms with Gasteiger partial charge in [0.25, 0.3) is 5.69 Å². The Morgan fingerprint density at radius 1 is 0.906 bits per heavy atom. The highest BCUT2D eigenvalue weighted by Gasteiger charge is 2.19. The van der Waals surface area contributed by atoms with E-state index >= 15 is 0 Å². The molecular formula is C21H18N4O7. The SMILES string of the molecule is O=C(O)CN(CC(=O)O)Cc1cc(N=Nc2ccccc2[N+](=O)[O-])c2ccccc2c1O. The third-order valence-electron chi connectivity index (χ3n) is 4.53. The Morgan fingerprint density at radius 3 is 2.09 bits per heavy atom. The summed E-state index contributed by atoms with van der Waals surface area (Å²) in [5.74, 6) is -2.59. The van der Waals surface area contributed by atoms with E-state index in [1.807, 2.05) is 0 Å². The number of rotatable bonds is 9. The van der Waals surface area contributed by atoms with Crippen molar-refractivity contribution in [3.05, 3.63) is 70.3 Å². The first-order valence-corrected chi connectivity index (χ1v) is 9.31. The number of carboxylic acid groups (broad SMARTS) is 2. The van der Waals surface area contributed by atoms with Crippen molar-refractivity contribution in [3.63, 3.8) is 0 Å². The molecule has 3 rings (SSSR count). The second kappa shape index (κ2) is 9.62. The van der Waals surface area contributed by atoms with Crippen molar-refractivity contribution in [1.82, 2.24) is 4.90 Å². The Hall–Kier alpha value is -4.38. The molecule has 11 heteroatoms. The van der Waals surface area contributed by atoms with Gasteiger partial charge in [0.15, 0.2) is 5.69 Å². The lowest BCUT2D eigenvalue weighted by Crippen LogP contribution is -2.34. The number of aliphatic carboxylic acids is 2. The summed E-state index contributed by atoms with van der Waals surface area (Å²) >= 11 is 0. The van der Waals surface area contributed by atoms with Crippen LogP contribution in [0.3, 0.4) is 0 Å². The van der Waals surface area contributed by atoms with Crippen molar-refractivity contribution in [2.45, 2.75) is 6.54 Å². The molecule has 11 nitrogen and oxygen atoms in total. The largest absolute Gasteiger partial charge is 0.507 e. The molecule has 0 fully saturated rings. The summed E-state index contributed by atoms with van der Waals surface area (Å²) in [5.41, 5.74) is 0.322. The fourth-order valence-electron chi connectivity index (χ4n) is 3.20. The molecule has 0 aliphatic rings. The summed E-state index contributed by atoms with van der Waals surface area (Å²) in [6.07, 6.45) is 0. The number of hydrogen-bond donors (Lipinski definition) is 3. The average Bonchev–Trinajstić information content (AvgIpc) is 2.74. The van der Waals surface area contributed by atoms with Gasteiger partial charge in [-0.1, -0.05) is 36.4 Å². The summed E-state index contributed by atoms with van der Waals surface area (Å²) in [5, 5.41) is 49.1. The molecular weight excluding hydrogens is 420 g/mol. The van der Waals surface area contributed by atoms with Gasteiger partial charge in [-0.25, -0.2) is 0 Å². The number of nitro groups is 1. The number of benzene rings is 3. The van der Waals surface area contributed by atoms with Gasteiger partial charge in [0, 0.05) is 28.9 Å². The summed E-state index contributed by atoms with van der Waals surface area (Å²) in [6.45, 7) is -1.28. The molecule has 0 saturated carbocycles. The molecule has 0 aromatic heterocycles. The molecule has 0 aliphatic heterocycles. The first-order valence-electron chi connectivity index (χ1n) is 9.31. The Bertz CT molecular complexity index is 1210. The molecule has 3 aromatic carbocycles. The number of phenols is 1. The van der Waals surface area contributed by atoms with Crippen LogP contribution in [0.25, 0.3) is 10.8 Å². The molecule has 0 radical (unpaired) electrons. The van der Waals surface area contributed by atoms with Crippen LogP contribution in [0.2, 0.25) is 0 Å². The number of nitrogens with zero attached hydrogens (tertiary/aromatic N) is 4. The summed E-state index contributed by atoms with van der Waals surface area (Å²) < 4.78 is 0. The zero-order chi connectivity index (χ0) is 23.3. The molecule has 0 bridgehead atoms. The monoisotopic (exact) mass is 438 g/mol. The average molecular weight is 438 g/mol. The number of aromatic hydroxyl groups is 1. The van der Waals surface area contributed by atoms with Crippen LogP contribution in [-0.4, -0.2) is 50.2 Å². The maximum absolute atomic E-state index is 11.2. The predicted molar refractivity (Wildman–Crippen MR) is 113 cm³/mol. The van der Waals surface area contributed by atoms with E-state index in [2.05, 4.69) is 10.2 Å². The molecule has 0 aliphatic carbocycles. The Kier molecular flexibility index (Phi) is 6.71. The predicted octanol–water partition coefficient (Wildman–Crippen LogP) is 3.84. The molecule has 3 N–H and O–H groups in total. The Balaban J connectivity index is 2.07. The summed E-state index contributed by atoms with van der Waals surface area (Å²) in [4.78, 5) is 34.0. The first-order chi connectivity index (χ1) is 15.3.